The third-order valence-electron chi connectivity index (χ3n) is 4.18. The number of fused-ring (bicyclic) bond motifs is 1. The molecule has 0 N–H and O–H groups in total. The Bertz CT molecular complexity index is 1190. The number of benzene rings is 2. The average Bonchev–Trinajstić information content (AvgIpc) is 3.06. The largest absolute Gasteiger partial charge is 0.497 e. The van der Waals surface area contributed by atoms with Crippen molar-refractivity contribution < 1.29 is 27.4 Å². The Labute approximate surface area is 172 Å². The van der Waals surface area contributed by atoms with Crippen LogP contribution in [0.3, 0.4) is 0 Å². The highest BCUT2D eigenvalue weighted by molar-refractivity contribution is 7.90. The van der Waals surface area contributed by atoms with Gasteiger partial charge < -0.3 is 18.8 Å². The zero-order valence-corrected chi connectivity index (χ0v) is 17.7. The Morgan fingerprint density at radius 3 is 2.45 bits per heavy atom. The number of esters is 1. The second kappa shape index (κ2) is 8.76. The second-order valence-corrected chi connectivity index (χ2v) is 8.56. The molecule has 8 nitrogen and oxygen atoms in total. The third-order valence-corrected chi connectivity index (χ3v) is 6.62. The number of aromatic nitrogens is 1. The molecule has 2 aromatic carbocycles. The van der Waals surface area contributed by atoms with Crippen molar-refractivity contribution in [1.82, 2.24) is 4.57 Å². The minimum absolute atomic E-state index is 0.0595. The minimum atomic E-state index is -3.94. The summed E-state index contributed by atoms with van der Waals surface area (Å²) < 4.78 is 47.1. The number of carbonyl (C=O) groups excluding carboxylic acids is 1. The molecule has 0 amide bonds. The summed E-state index contributed by atoms with van der Waals surface area (Å²) in [5, 5.41) is 0. The van der Waals surface area contributed by atoms with Crippen LogP contribution in [0.15, 0.2) is 51.8 Å². The monoisotopic (exact) mass is 436 g/mol. The maximum absolute atomic E-state index is 12.8. The Hall–Kier alpha value is -2.69. The second-order valence-electron chi connectivity index (χ2n) is 5.95. The lowest BCUT2D eigenvalue weighted by Crippen LogP contribution is -2.19. The third kappa shape index (κ3) is 4.50. The predicted molar refractivity (Wildman–Crippen MR) is 109 cm³/mol. The van der Waals surface area contributed by atoms with Crippen LogP contribution in [-0.2, 0) is 26.0 Å². The molecule has 0 bridgehead atoms. The summed E-state index contributed by atoms with van der Waals surface area (Å²) >= 11 is 1.17. The molecule has 0 unspecified atom stereocenters. The first-order valence-corrected chi connectivity index (χ1v) is 10.8. The number of methoxy groups -OCH3 is 3. The van der Waals surface area contributed by atoms with Gasteiger partial charge in [0.15, 0.2) is 0 Å². The SMILES string of the molecule is COCCn1c(=NS(=O)(=O)c2ccc(OC)cc2)sc2cc(C(=O)OC)ccc21. The lowest BCUT2D eigenvalue weighted by Gasteiger charge is -2.05. The van der Waals surface area contributed by atoms with Crippen molar-refractivity contribution in [2.24, 2.45) is 4.40 Å². The molecule has 0 saturated heterocycles. The Morgan fingerprint density at radius 2 is 1.83 bits per heavy atom. The first kappa shape index (κ1) is 21.0. The van der Waals surface area contributed by atoms with E-state index in [0.717, 1.165) is 5.52 Å². The number of sulfonamides is 1. The van der Waals surface area contributed by atoms with Crippen LogP contribution < -0.4 is 9.54 Å². The van der Waals surface area contributed by atoms with Gasteiger partial charge in [-0.1, -0.05) is 11.3 Å². The van der Waals surface area contributed by atoms with E-state index in [1.54, 1.807) is 42.0 Å². The lowest BCUT2D eigenvalue weighted by atomic mass is 10.2. The highest BCUT2D eigenvalue weighted by atomic mass is 32.2. The highest BCUT2D eigenvalue weighted by Gasteiger charge is 2.16. The van der Waals surface area contributed by atoms with Gasteiger partial charge >= 0.3 is 5.97 Å². The van der Waals surface area contributed by atoms with Crippen molar-refractivity contribution in [2.45, 2.75) is 11.4 Å². The van der Waals surface area contributed by atoms with Crippen LogP contribution >= 0.6 is 11.3 Å². The van der Waals surface area contributed by atoms with Crippen LogP contribution in [-0.4, -0.2) is 46.9 Å². The van der Waals surface area contributed by atoms with Crippen molar-refractivity contribution in [1.29, 1.82) is 0 Å². The molecule has 0 saturated carbocycles. The first-order chi connectivity index (χ1) is 13.9. The van der Waals surface area contributed by atoms with Crippen molar-refractivity contribution in [2.75, 3.05) is 27.9 Å². The number of thiazole rings is 1. The molecule has 0 fully saturated rings. The maximum Gasteiger partial charge on any atom is 0.337 e. The molecule has 3 aromatic rings. The first-order valence-electron chi connectivity index (χ1n) is 8.55. The zero-order valence-electron chi connectivity index (χ0n) is 16.1. The smallest absolute Gasteiger partial charge is 0.337 e. The van der Waals surface area contributed by atoms with Gasteiger partial charge in [-0.05, 0) is 42.5 Å². The van der Waals surface area contributed by atoms with Crippen LogP contribution in [0.5, 0.6) is 5.75 Å². The summed E-state index contributed by atoms with van der Waals surface area (Å²) in [6.07, 6.45) is 0. The Morgan fingerprint density at radius 1 is 1.10 bits per heavy atom. The van der Waals surface area contributed by atoms with E-state index in [2.05, 4.69) is 4.40 Å². The normalized spacial score (nSPS) is 12.3. The van der Waals surface area contributed by atoms with E-state index < -0.39 is 16.0 Å². The van der Waals surface area contributed by atoms with Gasteiger partial charge in [0.05, 0.1) is 41.5 Å². The summed E-state index contributed by atoms with van der Waals surface area (Å²) in [7, 11) is 0.441. The van der Waals surface area contributed by atoms with Gasteiger partial charge in [-0.3, -0.25) is 0 Å². The van der Waals surface area contributed by atoms with Crippen molar-refractivity contribution in [3.8, 4) is 5.75 Å². The van der Waals surface area contributed by atoms with E-state index in [4.69, 9.17) is 14.2 Å². The molecule has 0 aliphatic heterocycles. The molecule has 0 aliphatic carbocycles. The van der Waals surface area contributed by atoms with Crippen molar-refractivity contribution in [3.05, 3.63) is 52.8 Å². The molecule has 0 aliphatic rings. The van der Waals surface area contributed by atoms with Crippen LogP contribution in [0, 0.1) is 0 Å². The fraction of sp³-hybridized carbons (Fsp3) is 0.263. The lowest BCUT2D eigenvalue weighted by molar-refractivity contribution is 0.0601. The summed E-state index contributed by atoms with van der Waals surface area (Å²) in [5.74, 6) is 0.0874. The molecule has 0 radical (unpaired) electrons. The average molecular weight is 437 g/mol. The van der Waals surface area contributed by atoms with E-state index in [1.165, 1.54) is 37.7 Å². The van der Waals surface area contributed by atoms with Crippen LogP contribution in [0.25, 0.3) is 10.2 Å². The van der Waals surface area contributed by atoms with Gasteiger partial charge in [-0.25, -0.2) is 4.79 Å². The van der Waals surface area contributed by atoms with Gasteiger partial charge in [0, 0.05) is 13.7 Å². The van der Waals surface area contributed by atoms with E-state index in [1.807, 2.05) is 0 Å². The Kier molecular flexibility index (Phi) is 6.36. The molecule has 0 spiro atoms. The topological polar surface area (TPSA) is 96.2 Å². The van der Waals surface area contributed by atoms with Gasteiger partial charge in [0.1, 0.15) is 5.75 Å². The Balaban J connectivity index is 2.15. The van der Waals surface area contributed by atoms with E-state index in [-0.39, 0.29) is 9.70 Å². The summed E-state index contributed by atoms with van der Waals surface area (Å²) in [6, 6.07) is 11.1. The number of hydrogen-bond donors (Lipinski definition) is 0. The van der Waals surface area contributed by atoms with E-state index in [0.29, 0.717) is 29.2 Å². The number of hydrogen-bond acceptors (Lipinski definition) is 7. The van der Waals surface area contributed by atoms with Gasteiger partial charge in [0.2, 0.25) is 4.80 Å². The number of ether oxygens (including phenoxy) is 3. The number of rotatable bonds is 7. The van der Waals surface area contributed by atoms with E-state index >= 15 is 0 Å². The van der Waals surface area contributed by atoms with Gasteiger partial charge in [-0.15, -0.1) is 4.40 Å². The van der Waals surface area contributed by atoms with Gasteiger partial charge in [0.25, 0.3) is 10.0 Å². The van der Waals surface area contributed by atoms with Crippen LogP contribution in [0.2, 0.25) is 0 Å². The zero-order chi connectivity index (χ0) is 21.0. The molecule has 3 rings (SSSR count). The number of carbonyl (C=O) groups is 1. The summed E-state index contributed by atoms with van der Waals surface area (Å²) in [5.41, 5.74) is 1.13. The van der Waals surface area contributed by atoms with Crippen molar-refractivity contribution in [3.63, 3.8) is 0 Å². The van der Waals surface area contributed by atoms with Crippen LogP contribution in [0.1, 0.15) is 10.4 Å². The molecule has 1 heterocycles. The minimum Gasteiger partial charge on any atom is -0.497 e. The molecule has 10 heteroatoms. The van der Waals surface area contributed by atoms with Crippen LogP contribution in [0.4, 0.5) is 0 Å². The molecular weight excluding hydrogens is 416 g/mol. The molecule has 0 atom stereocenters. The number of nitrogens with zero attached hydrogens (tertiary/aromatic N) is 2. The highest BCUT2D eigenvalue weighted by Crippen LogP contribution is 2.21. The van der Waals surface area contributed by atoms with E-state index in [9.17, 15) is 13.2 Å². The fourth-order valence-electron chi connectivity index (χ4n) is 2.69. The molecule has 154 valence electrons. The molecule has 1 aromatic heterocycles. The predicted octanol–water partition coefficient (Wildman–Crippen LogP) is 2.43. The summed E-state index contributed by atoms with van der Waals surface area (Å²) in [6.45, 7) is 0.783. The van der Waals surface area contributed by atoms with Gasteiger partial charge in [-0.2, -0.15) is 8.42 Å². The molecular formula is C19H20N2O6S2. The maximum atomic E-state index is 12.8. The quantitative estimate of drug-likeness (QED) is 0.528. The molecule has 29 heavy (non-hydrogen) atoms. The fourth-order valence-corrected chi connectivity index (χ4v) is 4.99. The standard InChI is InChI=1S/C19H20N2O6S2/c1-25-11-10-21-16-9-4-13(18(22)27-3)12-17(16)28-19(21)20-29(23,24)15-7-5-14(26-2)6-8-15/h4-9,12H,10-11H2,1-3H3. The van der Waals surface area contributed by atoms with Crippen molar-refractivity contribution >= 4 is 37.5 Å². The summed E-state index contributed by atoms with van der Waals surface area (Å²) in [4.78, 5) is 12.2.